The lowest BCUT2D eigenvalue weighted by atomic mass is 10.2. The standard InChI is InChI=1S/C6H14O5/c7-1-2-11-4-6(10)5(9)3-8/h5-10H,1-4H2/t5-,6+/m1/s1. The fourth-order valence-corrected chi connectivity index (χ4v) is 0.501. The molecular weight excluding hydrogens is 152 g/mol. The monoisotopic (exact) mass is 166 g/mol. The topological polar surface area (TPSA) is 90.2 Å². The van der Waals surface area contributed by atoms with Crippen molar-refractivity contribution in [2.24, 2.45) is 0 Å². The fraction of sp³-hybridized carbons (Fsp3) is 1.00. The second-order valence-electron chi connectivity index (χ2n) is 2.12. The van der Waals surface area contributed by atoms with E-state index in [0.717, 1.165) is 0 Å². The van der Waals surface area contributed by atoms with Gasteiger partial charge in [0.1, 0.15) is 12.2 Å². The lowest BCUT2D eigenvalue weighted by molar-refractivity contribution is -0.0604. The highest BCUT2D eigenvalue weighted by Crippen LogP contribution is 1.92. The molecule has 0 aromatic heterocycles. The highest BCUT2D eigenvalue weighted by molar-refractivity contribution is 4.64. The lowest BCUT2D eigenvalue weighted by Gasteiger charge is -2.14. The minimum atomic E-state index is -1.17. The summed E-state index contributed by atoms with van der Waals surface area (Å²) in [5.41, 5.74) is 0. The summed E-state index contributed by atoms with van der Waals surface area (Å²) in [6.45, 7) is -0.580. The maximum atomic E-state index is 8.93. The largest absolute Gasteiger partial charge is 0.394 e. The van der Waals surface area contributed by atoms with Crippen LogP contribution in [0, 0.1) is 0 Å². The van der Waals surface area contributed by atoms with Gasteiger partial charge < -0.3 is 25.2 Å². The van der Waals surface area contributed by atoms with Gasteiger partial charge in [-0.25, -0.2) is 0 Å². The summed E-state index contributed by atoms with van der Waals surface area (Å²) >= 11 is 0. The van der Waals surface area contributed by atoms with Crippen LogP contribution in [0.2, 0.25) is 0 Å². The summed E-state index contributed by atoms with van der Waals surface area (Å²) in [4.78, 5) is 0. The summed E-state index contributed by atoms with van der Waals surface area (Å²) in [5.74, 6) is 0. The first-order valence-corrected chi connectivity index (χ1v) is 3.38. The van der Waals surface area contributed by atoms with Crippen LogP contribution in [-0.2, 0) is 4.74 Å². The van der Waals surface area contributed by atoms with E-state index in [9.17, 15) is 0 Å². The Kier molecular flexibility index (Phi) is 6.39. The SMILES string of the molecule is OCCOC[C@H](O)[C@H](O)CO. The van der Waals surface area contributed by atoms with Gasteiger partial charge in [-0.05, 0) is 0 Å². The van der Waals surface area contributed by atoms with Crippen molar-refractivity contribution in [3.05, 3.63) is 0 Å². The summed E-state index contributed by atoms with van der Waals surface area (Å²) in [5, 5.41) is 34.3. The predicted molar refractivity (Wildman–Crippen MR) is 37.0 cm³/mol. The molecule has 0 saturated carbocycles. The molecule has 0 radical (unpaired) electrons. The number of aliphatic hydroxyl groups excluding tert-OH is 4. The Labute approximate surface area is 64.9 Å². The van der Waals surface area contributed by atoms with Crippen LogP contribution in [0.25, 0.3) is 0 Å². The summed E-state index contributed by atoms with van der Waals surface area (Å²) in [6, 6.07) is 0. The molecule has 68 valence electrons. The van der Waals surface area contributed by atoms with Crippen molar-refractivity contribution in [3.8, 4) is 0 Å². The zero-order valence-electron chi connectivity index (χ0n) is 6.18. The highest BCUT2D eigenvalue weighted by Gasteiger charge is 2.14. The molecule has 0 spiro atoms. The maximum absolute atomic E-state index is 8.93. The van der Waals surface area contributed by atoms with Crippen LogP contribution in [0.3, 0.4) is 0 Å². The van der Waals surface area contributed by atoms with Crippen LogP contribution in [0.5, 0.6) is 0 Å². The van der Waals surface area contributed by atoms with Crippen LogP contribution in [-0.4, -0.2) is 59.1 Å². The minimum Gasteiger partial charge on any atom is -0.394 e. The van der Waals surface area contributed by atoms with Gasteiger partial charge in [0.15, 0.2) is 0 Å². The van der Waals surface area contributed by atoms with E-state index in [1.807, 2.05) is 0 Å². The summed E-state index contributed by atoms with van der Waals surface area (Å²) in [7, 11) is 0. The van der Waals surface area contributed by atoms with E-state index >= 15 is 0 Å². The first-order chi connectivity index (χ1) is 5.22. The van der Waals surface area contributed by atoms with Gasteiger partial charge >= 0.3 is 0 Å². The molecule has 0 aliphatic heterocycles. The molecule has 4 N–H and O–H groups in total. The normalized spacial score (nSPS) is 16.4. The number of aliphatic hydroxyl groups is 4. The predicted octanol–water partition coefficient (Wildman–Crippen LogP) is -2.29. The molecule has 0 aliphatic rings. The number of rotatable bonds is 6. The van der Waals surface area contributed by atoms with E-state index in [0.29, 0.717) is 0 Å². The van der Waals surface area contributed by atoms with Crippen molar-refractivity contribution >= 4 is 0 Å². The smallest absolute Gasteiger partial charge is 0.105 e. The Bertz CT molecular complexity index is 87.0. The van der Waals surface area contributed by atoms with E-state index in [4.69, 9.17) is 25.2 Å². The fourth-order valence-electron chi connectivity index (χ4n) is 0.501. The van der Waals surface area contributed by atoms with Crippen LogP contribution in [0.4, 0.5) is 0 Å². The maximum Gasteiger partial charge on any atom is 0.105 e. The summed E-state index contributed by atoms with van der Waals surface area (Å²) < 4.78 is 4.70. The first-order valence-electron chi connectivity index (χ1n) is 3.38. The van der Waals surface area contributed by atoms with E-state index in [1.54, 1.807) is 0 Å². The van der Waals surface area contributed by atoms with Crippen molar-refractivity contribution in [1.29, 1.82) is 0 Å². The second kappa shape index (κ2) is 6.51. The van der Waals surface area contributed by atoms with Crippen molar-refractivity contribution in [2.75, 3.05) is 26.4 Å². The van der Waals surface area contributed by atoms with Crippen LogP contribution in [0.15, 0.2) is 0 Å². The van der Waals surface area contributed by atoms with Crippen molar-refractivity contribution in [2.45, 2.75) is 12.2 Å². The van der Waals surface area contributed by atoms with Gasteiger partial charge in [-0.1, -0.05) is 0 Å². The molecule has 0 saturated heterocycles. The number of hydrogen-bond donors (Lipinski definition) is 4. The van der Waals surface area contributed by atoms with Crippen LogP contribution >= 0.6 is 0 Å². The Morgan fingerprint density at radius 2 is 1.73 bits per heavy atom. The van der Waals surface area contributed by atoms with Crippen LogP contribution in [0.1, 0.15) is 0 Å². The zero-order chi connectivity index (χ0) is 8.69. The molecule has 0 rings (SSSR count). The lowest BCUT2D eigenvalue weighted by Crippen LogP contribution is -2.33. The van der Waals surface area contributed by atoms with Gasteiger partial charge in [0.25, 0.3) is 0 Å². The molecule has 0 aromatic rings. The first kappa shape index (κ1) is 10.8. The molecule has 5 nitrogen and oxygen atoms in total. The number of ether oxygens (including phenoxy) is 1. The Morgan fingerprint density at radius 3 is 2.18 bits per heavy atom. The number of hydrogen-bond acceptors (Lipinski definition) is 5. The average molecular weight is 166 g/mol. The third-order valence-electron chi connectivity index (χ3n) is 1.16. The molecule has 11 heavy (non-hydrogen) atoms. The molecule has 0 amide bonds. The Morgan fingerprint density at radius 1 is 1.09 bits per heavy atom. The van der Waals surface area contributed by atoms with Gasteiger partial charge in [-0.15, -0.1) is 0 Å². The van der Waals surface area contributed by atoms with E-state index in [1.165, 1.54) is 0 Å². The molecule has 5 heteroatoms. The molecule has 0 fully saturated rings. The molecule has 0 bridgehead atoms. The average Bonchev–Trinajstić information content (AvgIpc) is 2.03. The van der Waals surface area contributed by atoms with E-state index in [2.05, 4.69) is 0 Å². The molecule has 0 heterocycles. The van der Waals surface area contributed by atoms with Crippen molar-refractivity contribution < 1.29 is 25.2 Å². The molecule has 2 atom stereocenters. The molecule has 0 unspecified atom stereocenters. The van der Waals surface area contributed by atoms with Gasteiger partial charge in [0.05, 0.1) is 26.4 Å². The van der Waals surface area contributed by atoms with E-state index in [-0.39, 0.29) is 19.8 Å². The third kappa shape index (κ3) is 5.11. The Hall–Kier alpha value is -0.200. The van der Waals surface area contributed by atoms with Crippen LogP contribution < -0.4 is 0 Å². The Balaban J connectivity index is 3.28. The highest BCUT2D eigenvalue weighted by atomic mass is 16.5. The van der Waals surface area contributed by atoms with Gasteiger partial charge in [0, 0.05) is 0 Å². The minimum absolute atomic E-state index is 0.0811. The summed E-state index contributed by atoms with van der Waals surface area (Å²) in [6.07, 6.45) is -2.26. The van der Waals surface area contributed by atoms with Gasteiger partial charge in [0.2, 0.25) is 0 Å². The third-order valence-corrected chi connectivity index (χ3v) is 1.16. The van der Waals surface area contributed by atoms with Crippen molar-refractivity contribution in [1.82, 2.24) is 0 Å². The van der Waals surface area contributed by atoms with Gasteiger partial charge in [-0.3, -0.25) is 0 Å². The molecular formula is C6H14O5. The zero-order valence-corrected chi connectivity index (χ0v) is 6.18. The van der Waals surface area contributed by atoms with Crippen molar-refractivity contribution in [3.63, 3.8) is 0 Å². The van der Waals surface area contributed by atoms with Gasteiger partial charge in [-0.2, -0.15) is 0 Å². The molecule has 0 aliphatic carbocycles. The van der Waals surface area contributed by atoms with E-state index < -0.39 is 18.8 Å². The second-order valence-corrected chi connectivity index (χ2v) is 2.12. The quantitative estimate of drug-likeness (QED) is 0.333. The molecule has 0 aromatic carbocycles.